The van der Waals surface area contributed by atoms with Gasteiger partial charge in [0.1, 0.15) is 5.76 Å². The fourth-order valence-electron chi connectivity index (χ4n) is 1.76. The molecule has 0 aliphatic rings. The van der Waals surface area contributed by atoms with E-state index in [0.717, 1.165) is 18.4 Å². The summed E-state index contributed by atoms with van der Waals surface area (Å²) in [6.07, 6.45) is 6.14. The van der Waals surface area contributed by atoms with E-state index in [4.69, 9.17) is 4.52 Å². The molecule has 0 bridgehead atoms. The molecule has 1 aromatic carbocycles. The summed E-state index contributed by atoms with van der Waals surface area (Å²) in [6.45, 7) is 3.81. The fraction of sp³-hybridized carbons (Fsp3) is 0.267. The number of unbranched alkanes of at least 4 members (excludes halogenated alkanes) is 1. The van der Waals surface area contributed by atoms with E-state index in [1.54, 1.807) is 31.2 Å². The second-order valence-corrected chi connectivity index (χ2v) is 6.37. The molecule has 0 radical (unpaired) electrons. The van der Waals surface area contributed by atoms with Gasteiger partial charge in [0.05, 0.1) is 4.90 Å². The monoisotopic (exact) mass is 306 g/mol. The van der Waals surface area contributed by atoms with Gasteiger partial charge in [0.25, 0.3) is 10.0 Å². The van der Waals surface area contributed by atoms with Crippen LogP contribution in [0.5, 0.6) is 0 Å². The van der Waals surface area contributed by atoms with E-state index in [0.29, 0.717) is 5.76 Å². The number of allylic oxidation sites excluding steroid dienone is 1. The lowest BCUT2D eigenvalue weighted by Crippen LogP contribution is -2.13. The van der Waals surface area contributed by atoms with Crippen LogP contribution >= 0.6 is 0 Å². The maximum absolute atomic E-state index is 12.2. The van der Waals surface area contributed by atoms with Crippen molar-refractivity contribution in [2.75, 3.05) is 4.72 Å². The predicted molar refractivity (Wildman–Crippen MR) is 82.4 cm³/mol. The fourth-order valence-corrected chi connectivity index (χ4v) is 2.74. The molecule has 0 saturated carbocycles. The summed E-state index contributed by atoms with van der Waals surface area (Å²) < 4.78 is 31.6. The Labute approximate surface area is 124 Å². The third-order valence-electron chi connectivity index (χ3n) is 2.82. The van der Waals surface area contributed by atoms with Gasteiger partial charge in [-0.2, -0.15) is 0 Å². The standard InChI is InChI=1S/C15H18N2O3S/c1-3-4-5-6-13-7-9-14(10-8-13)21(18,19)17-15-11-12(2)20-16-15/h5-11H,3-4H2,1-2H3,(H,16,17)/b6-5-. The molecule has 0 aliphatic carbocycles. The number of sulfonamides is 1. The predicted octanol–water partition coefficient (Wildman–Crippen LogP) is 3.60. The van der Waals surface area contributed by atoms with Crippen molar-refractivity contribution in [2.24, 2.45) is 0 Å². The van der Waals surface area contributed by atoms with Gasteiger partial charge in [0, 0.05) is 6.07 Å². The molecule has 21 heavy (non-hydrogen) atoms. The normalized spacial score (nSPS) is 11.9. The molecule has 0 unspecified atom stereocenters. The first-order valence-electron chi connectivity index (χ1n) is 6.74. The maximum Gasteiger partial charge on any atom is 0.263 e. The summed E-state index contributed by atoms with van der Waals surface area (Å²) >= 11 is 0. The number of nitrogens with zero attached hydrogens (tertiary/aromatic N) is 1. The van der Waals surface area contributed by atoms with Crippen molar-refractivity contribution >= 4 is 21.9 Å². The Hall–Kier alpha value is -2.08. The van der Waals surface area contributed by atoms with Gasteiger partial charge in [0.2, 0.25) is 0 Å². The van der Waals surface area contributed by atoms with Crippen LogP contribution in [0, 0.1) is 6.92 Å². The van der Waals surface area contributed by atoms with E-state index in [1.807, 2.05) is 6.08 Å². The lowest BCUT2D eigenvalue weighted by atomic mass is 10.2. The minimum absolute atomic E-state index is 0.180. The molecule has 0 spiro atoms. The average Bonchev–Trinajstić information content (AvgIpc) is 2.84. The van der Waals surface area contributed by atoms with Crippen LogP contribution in [-0.2, 0) is 10.0 Å². The Morgan fingerprint density at radius 2 is 2.00 bits per heavy atom. The summed E-state index contributed by atoms with van der Waals surface area (Å²) in [5, 5.41) is 3.62. The molecule has 0 aliphatic heterocycles. The largest absolute Gasteiger partial charge is 0.360 e. The molecule has 5 nitrogen and oxygen atoms in total. The quantitative estimate of drug-likeness (QED) is 0.885. The summed E-state index contributed by atoms with van der Waals surface area (Å²) in [7, 11) is -3.64. The lowest BCUT2D eigenvalue weighted by molar-refractivity contribution is 0.400. The highest BCUT2D eigenvalue weighted by molar-refractivity contribution is 7.92. The van der Waals surface area contributed by atoms with Gasteiger partial charge >= 0.3 is 0 Å². The van der Waals surface area contributed by atoms with E-state index in [-0.39, 0.29) is 10.7 Å². The van der Waals surface area contributed by atoms with Gasteiger partial charge in [-0.25, -0.2) is 8.42 Å². The first kappa shape index (κ1) is 15.3. The maximum atomic E-state index is 12.2. The van der Waals surface area contributed by atoms with Crippen LogP contribution in [0.25, 0.3) is 6.08 Å². The molecule has 0 saturated heterocycles. The van der Waals surface area contributed by atoms with Crippen LogP contribution in [0.4, 0.5) is 5.82 Å². The molecule has 0 atom stereocenters. The van der Waals surface area contributed by atoms with E-state index in [2.05, 4.69) is 22.9 Å². The first-order chi connectivity index (χ1) is 10.0. The number of aromatic nitrogens is 1. The van der Waals surface area contributed by atoms with Crippen molar-refractivity contribution in [3.63, 3.8) is 0 Å². The van der Waals surface area contributed by atoms with Crippen molar-refractivity contribution in [1.82, 2.24) is 5.16 Å². The molecule has 0 fully saturated rings. The summed E-state index contributed by atoms with van der Waals surface area (Å²) in [5.41, 5.74) is 0.972. The average molecular weight is 306 g/mol. The molecule has 112 valence electrons. The SMILES string of the molecule is CCC/C=C\c1ccc(S(=O)(=O)Nc2cc(C)on2)cc1. The van der Waals surface area contributed by atoms with Gasteiger partial charge in [0.15, 0.2) is 5.82 Å². The number of benzene rings is 1. The zero-order valence-corrected chi connectivity index (χ0v) is 12.9. The molecule has 2 aromatic rings. The van der Waals surface area contributed by atoms with Gasteiger partial charge in [-0.15, -0.1) is 0 Å². The van der Waals surface area contributed by atoms with Crippen molar-refractivity contribution in [3.8, 4) is 0 Å². The summed E-state index contributed by atoms with van der Waals surface area (Å²) in [5.74, 6) is 0.725. The molecular formula is C15H18N2O3S. The van der Waals surface area contributed by atoms with E-state index < -0.39 is 10.0 Å². The van der Waals surface area contributed by atoms with E-state index in [9.17, 15) is 8.42 Å². The minimum Gasteiger partial charge on any atom is -0.360 e. The molecule has 1 heterocycles. The van der Waals surface area contributed by atoms with E-state index in [1.165, 1.54) is 6.07 Å². The van der Waals surface area contributed by atoms with E-state index >= 15 is 0 Å². The zero-order valence-electron chi connectivity index (χ0n) is 12.0. The van der Waals surface area contributed by atoms with Crippen molar-refractivity contribution in [3.05, 3.63) is 47.7 Å². The molecule has 1 aromatic heterocycles. The first-order valence-corrected chi connectivity index (χ1v) is 8.22. The Bertz CT molecular complexity index is 716. The van der Waals surface area contributed by atoms with Crippen LogP contribution in [0.15, 0.2) is 45.8 Å². The smallest absolute Gasteiger partial charge is 0.263 e. The van der Waals surface area contributed by atoms with Gasteiger partial charge in [-0.3, -0.25) is 4.72 Å². The Morgan fingerprint density at radius 1 is 1.29 bits per heavy atom. The molecule has 2 rings (SSSR count). The number of hydrogen-bond donors (Lipinski definition) is 1. The van der Waals surface area contributed by atoms with Crippen LogP contribution in [0.3, 0.4) is 0 Å². The van der Waals surface area contributed by atoms with Crippen LogP contribution < -0.4 is 4.72 Å². The minimum atomic E-state index is -3.64. The number of nitrogens with one attached hydrogen (secondary N) is 1. The van der Waals surface area contributed by atoms with Crippen LogP contribution in [-0.4, -0.2) is 13.6 Å². The molecule has 0 amide bonds. The van der Waals surface area contributed by atoms with Crippen LogP contribution in [0.1, 0.15) is 31.1 Å². The zero-order chi connectivity index (χ0) is 15.3. The highest BCUT2D eigenvalue weighted by Crippen LogP contribution is 2.17. The lowest BCUT2D eigenvalue weighted by Gasteiger charge is -2.05. The highest BCUT2D eigenvalue weighted by atomic mass is 32.2. The number of aryl methyl sites for hydroxylation is 1. The third kappa shape index (κ3) is 4.19. The van der Waals surface area contributed by atoms with Gasteiger partial charge < -0.3 is 4.52 Å². The Morgan fingerprint density at radius 3 is 2.57 bits per heavy atom. The van der Waals surface area contributed by atoms with Crippen molar-refractivity contribution in [1.29, 1.82) is 0 Å². The van der Waals surface area contributed by atoms with Crippen molar-refractivity contribution in [2.45, 2.75) is 31.6 Å². The second kappa shape index (κ2) is 6.58. The summed E-state index contributed by atoms with van der Waals surface area (Å²) in [6, 6.07) is 8.21. The van der Waals surface area contributed by atoms with Crippen molar-refractivity contribution < 1.29 is 12.9 Å². The molecule has 6 heteroatoms. The second-order valence-electron chi connectivity index (χ2n) is 4.69. The number of anilines is 1. The highest BCUT2D eigenvalue weighted by Gasteiger charge is 2.15. The number of rotatable bonds is 6. The Kier molecular flexibility index (Phi) is 4.80. The Balaban J connectivity index is 2.13. The van der Waals surface area contributed by atoms with Crippen LogP contribution in [0.2, 0.25) is 0 Å². The third-order valence-corrected chi connectivity index (χ3v) is 4.19. The van der Waals surface area contributed by atoms with Gasteiger partial charge in [-0.1, -0.05) is 42.8 Å². The molecular weight excluding hydrogens is 288 g/mol. The topological polar surface area (TPSA) is 72.2 Å². The van der Waals surface area contributed by atoms with Gasteiger partial charge in [-0.05, 0) is 31.0 Å². The number of hydrogen-bond acceptors (Lipinski definition) is 4. The summed E-state index contributed by atoms with van der Waals surface area (Å²) in [4.78, 5) is 0.191. The molecule has 1 N–H and O–H groups in total.